The number of aromatic nitrogens is 1. The molecular formula is C20H26F3N3O2. The van der Waals surface area contributed by atoms with Gasteiger partial charge in [-0.05, 0) is 57.1 Å². The molecule has 1 aromatic rings. The van der Waals surface area contributed by atoms with Crippen LogP contribution < -0.4 is 4.90 Å². The average Bonchev–Trinajstić information content (AvgIpc) is 2.98. The van der Waals surface area contributed by atoms with E-state index in [0.717, 1.165) is 63.8 Å². The quantitative estimate of drug-likeness (QED) is 0.833. The number of carbonyl (C=O) groups excluding carboxylic acids is 1. The van der Waals surface area contributed by atoms with E-state index in [1.807, 2.05) is 9.80 Å². The molecule has 1 unspecified atom stereocenters. The number of piperidine rings is 1. The number of aliphatic hydroxyl groups excluding tert-OH is 1. The van der Waals surface area contributed by atoms with Crippen molar-refractivity contribution in [3.05, 3.63) is 23.9 Å². The highest BCUT2D eigenvalue weighted by Crippen LogP contribution is 2.43. The molecule has 1 aliphatic carbocycles. The Balaban J connectivity index is 1.47. The van der Waals surface area contributed by atoms with E-state index in [4.69, 9.17) is 0 Å². The van der Waals surface area contributed by atoms with Crippen molar-refractivity contribution in [2.24, 2.45) is 5.41 Å². The zero-order valence-corrected chi connectivity index (χ0v) is 15.8. The predicted octanol–water partition coefficient (Wildman–Crippen LogP) is 3.22. The summed E-state index contributed by atoms with van der Waals surface area (Å²) in [5.74, 6) is 0.671. The molecule has 3 heterocycles. The van der Waals surface area contributed by atoms with Gasteiger partial charge in [-0.15, -0.1) is 0 Å². The van der Waals surface area contributed by atoms with Crippen LogP contribution in [0.4, 0.5) is 19.0 Å². The summed E-state index contributed by atoms with van der Waals surface area (Å²) in [6, 6.07) is 2.66. The van der Waals surface area contributed by atoms with Gasteiger partial charge in [0.25, 0.3) is 0 Å². The molecule has 1 aromatic heterocycles. The summed E-state index contributed by atoms with van der Waals surface area (Å²) in [5, 5.41) is 9.72. The topological polar surface area (TPSA) is 56.7 Å². The molecular weight excluding hydrogens is 371 g/mol. The molecule has 2 aliphatic heterocycles. The number of hydrogen-bond donors (Lipinski definition) is 1. The van der Waals surface area contributed by atoms with E-state index in [9.17, 15) is 23.1 Å². The van der Waals surface area contributed by atoms with Crippen molar-refractivity contribution >= 4 is 11.7 Å². The summed E-state index contributed by atoms with van der Waals surface area (Å²) in [6.07, 6.45) is 1.80. The van der Waals surface area contributed by atoms with Crippen LogP contribution in [0.1, 0.15) is 50.5 Å². The Hall–Kier alpha value is -1.83. The maximum absolute atomic E-state index is 13.3. The van der Waals surface area contributed by atoms with Crippen LogP contribution in [0.3, 0.4) is 0 Å². The molecule has 1 atom stereocenters. The van der Waals surface area contributed by atoms with Gasteiger partial charge in [0.2, 0.25) is 5.91 Å². The summed E-state index contributed by atoms with van der Waals surface area (Å²) >= 11 is 0. The van der Waals surface area contributed by atoms with Gasteiger partial charge in [-0.25, -0.2) is 4.98 Å². The van der Waals surface area contributed by atoms with Gasteiger partial charge in [-0.2, -0.15) is 13.2 Å². The molecule has 8 heteroatoms. The van der Waals surface area contributed by atoms with Crippen molar-refractivity contribution in [3.63, 3.8) is 0 Å². The molecule has 1 N–H and O–H groups in total. The Bertz CT molecular complexity index is 716. The van der Waals surface area contributed by atoms with Crippen LogP contribution in [-0.2, 0) is 11.0 Å². The van der Waals surface area contributed by atoms with Crippen LogP contribution in [0.25, 0.3) is 0 Å². The number of rotatable bonds is 2. The number of hydrogen-bond acceptors (Lipinski definition) is 4. The van der Waals surface area contributed by atoms with Gasteiger partial charge in [0.05, 0.1) is 17.1 Å². The maximum Gasteiger partial charge on any atom is 0.417 e. The first-order valence-electron chi connectivity index (χ1n) is 10.1. The molecule has 4 rings (SSSR count). The van der Waals surface area contributed by atoms with Gasteiger partial charge < -0.3 is 14.9 Å². The Morgan fingerprint density at radius 1 is 1.11 bits per heavy atom. The molecule has 1 spiro atoms. The highest BCUT2D eigenvalue weighted by molar-refractivity contribution is 5.86. The zero-order chi connectivity index (χ0) is 19.9. The van der Waals surface area contributed by atoms with Gasteiger partial charge in [-0.1, -0.05) is 0 Å². The molecule has 0 aromatic carbocycles. The number of alkyl halides is 3. The second-order valence-electron chi connectivity index (χ2n) is 8.42. The zero-order valence-electron chi connectivity index (χ0n) is 15.8. The minimum atomic E-state index is -4.40. The average molecular weight is 397 g/mol. The van der Waals surface area contributed by atoms with Crippen molar-refractivity contribution in [1.29, 1.82) is 0 Å². The van der Waals surface area contributed by atoms with Gasteiger partial charge in [-0.3, -0.25) is 4.79 Å². The molecule has 0 bridgehead atoms. The van der Waals surface area contributed by atoms with Crippen LogP contribution in [-0.4, -0.2) is 52.7 Å². The summed E-state index contributed by atoms with van der Waals surface area (Å²) in [4.78, 5) is 21.3. The van der Waals surface area contributed by atoms with E-state index in [0.29, 0.717) is 18.9 Å². The lowest BCUT2D eigenvalue weighted by atomic mass is 9.78. The Labute approximate surface area is 162 Å². The van der Waals surface area contributed by atoms with E-state index in [-0.39, 0.29) is 18.1 Å². The Morgan fingerprint density at radius 2 is 1.86 bits per heavy atom. The molecule has 0 radical (unpaired) electrons. The number of anilines is 1. The van der Waals surface area contributed by atoms with E-state index < -0.39 is 17.2 Å². The smallest absolute Gasteiger partial charge is 0.393 e. The van der Waals surface area contributed by atoms with Crippen LogP contribution in [0, 0.1) is 5.41 Å². The summed E-state index contributed by atoms with van der Waals surface area (Å²) in [7, 11) is 0. The molecule has 3 aliphatic rings. The number of pyridine rings is 1. The van der Waals surface area contributed by atoms with E-state index in [1.165, 1.54) is 6.07 Å². The predicted molar refractivity (Wildman–Crippen MR) is 97.7 cm³/mol. The highest BCUT2D eigenvalue weighted by atomic mass is 19.4. The SMILES string of the molecule is O=C1N([C@H]2CC[C@H](O)CC2)CCC12CCCN(c1ccc(C(F)(F)F)cn1)C2. The van der Waals surface area contributed by atoms with E-state index >= 15 is 0 Å². The highest BCUT2D eigenvalue weighted by Gasteiger charge is 2.50. The van der Waals surface area contributed by atoms with Crippen LogP contribution >= 0.6 is 0 Å². The number of nitrogens with zero attached hydrogens (tertiary/aromatic N) is 3. The standard InChI is InChI=1S/C20H26F3N3O2/c21-20(22,23)14-2-7-17(24-12-14)25-10-1-8-19(13-25)9-11-26(18(19)28)15-3-5-16(27)6-4-15/h2,7,12,15-16,27H,1,3-6,8-11,13H2/t15-,16-,19?. The third kappa shape index (κ3) is 3.58. The van der Waals surface area contributed by atoms with Crippen molar-refractivity contribution in [3.8, 4) is 0 Å². The van der Waals surface area contributed by atoms with Crippen molar-refractivity contribution in [2.45, 2.75) is 63.3 Å². The van der Waals surface area contributed by atoms with E-state index in [2.05, 4.69) is 4.98 Å². The van der Waals surface area contributed by atoms with Crippen molar-refractivity contribution < 1.29 is 23.1 Å². The van der Waals surface area contributed by atoms with Gasteiger partial charge in [0, 0.05) is 31.9 Å². The fraction of sp³-hybridized carbons (Fsp3) is 0.700. The lowest BCUT2D eigenvalue weighted by molar-refractivity contribution is -0.139. The molecule has 154 valence electrons. The van der Waals surface area contributed by atoms with Gasteiger partial charge in [0.1, 0.15) is 5.82 Å². The monoisotopic (exact) mass is 397 g/mol. The molecule has 28 heavy (non-hydrogen) atoms. The second-order valence-corrected chi connectivity index (χ2v) is 8.42. The number of likely N-dealkylation sites (tertiary alicyclic amines) is 1. The molecule has 3 fully saturated rings. The third-order valence-corrected chi connectivity index (χ3v) is 6.63. The minimum absolute atomic E-state index is 0.172. The fourth-order valence-electron chi connectivity index (χ4n) is 5.01. The number of carbonyl (C=O) groups is 1. The summed E-state index contributed by atoms with van der Waals surface area (Å²) in [5.41, 5.74) is -1.22. The molecule has 1 saturated carbocycles. The normalized spacial score (nSPS) is 31.6. The van der Waals surface area contributed by atoms with E-state index in [1.54, 1.807) is 0 Å². The van der Waals surface area contributed by atoms with Gasteiger partial charge >= 0.3 is 6.18 Å². The van der Waals surface area contributed by atoms with Crippen molar-refractivity contribution in [2.75, 3.05) is 24.5 Å². The fourth-order valence-corrected chi connectivity index (χ4v) is 5.01. The van der Waals surface area contributed by atoms with Crippen LogP contribution in [0.15, 0.2) is 18.3 Å². The first-order valence-corrected chi connectivity index (χ1v) is 10.1. The van der Waals surface area contributed by atoms with Crippen LogP contribution in [0.5, 0.6) is 0 Å². The number of amides is 1. The summed E-state index contributed by atoms with van der Waals surface area (Å²) in [6.45, 7) is 1.94. The maximum atomic E-state index is 13.3. The molecule has 1 amide bonds. The lowest BCUT2D eigenvalue weighted by Gasteiger charge is -2.41. The number of halogens is 3. The Kier molecular flexibility index (Phi) is 5.02. The summed E-state index contributed by atoms with van der Waals surface area (Å²) < 4.78 is 38.3. The van der Waals surface area contributed by atoms with Gasteiger partial charge in [0.15, 0.2) is 0 Å². The second kappa shape index (κ2) is 7.21. The minimum Gasteiger partial charge on any atom is -0.393 e. The van der Waals surface area contributed by atoms with Crippen molar-refractivity contribution in [1.82, 2.24) is 9.88 Å². The first-order chi connectivity index (χ1) is 13.3. The first kappa shape index (κ1) is 19.5. The third-order valence-electron chi connectivity index (χ3n) is 6.63. The Morgan fingerprint density at radius 3 is 2.50 bits per heavy atom. The molecule has 5 nitrogen and oxygen atoms in total. The largest absolute Gasteiger partial charge is 0.417 e. The van der Waals surface area contributed by atoms with Crippen LogP contribution in [0.2, 0.25) is 0 Å². The number of aliphatic hydroxyl groups is 1. The lowest BCUT2D eigenvalue weighted by Crippen LogP contribution is -2.50. The molecule has 2 saturated heterocycles.